The molecule has 3 aliphatic rings. The van der Waals surface area contributed by atoms with Gasteiger partial charge >= 0.3 is 0 Å². The molecular weight excluding hydrogens is 298 g/mol. The number of hydrogen-bond donors (Lipinski definition) is 0. The lowest BCUT2D eigenvalue weighted by molar-refractivity contribution is 0.151. The van der Waals surface area contributed by atoms with Gasteiger partial charge in [0.2, 0.25) is 0 Å². The summed E-state index contributed by atoms with van der Waals surface area (Å²) in [6, 6.07) is 8.61. The summed E-state index contributed by atoms with van der Waals surface area (Å²) in [4.78, 5) is 2.44. The number of benzene rings is 1. The molecular formula is C16H23N3O2S. The molecule has 22 heavy (non-hydrogen) atoms. The van der Waals surface area contributed by atoms with E-state index in [0.717, 1.165) is 31.5 Å². The normalized spacial score (nSPS) is 27.5. The van der Waals surface area contributed by atoms with Gasteiger partial charge < -0.3 is 0 Å². The van der Waals surface area contributed by atoms with E-state index >= 15 is 0 Å². The summed E-state index contributed by atoms with van der Waals surface area (Å²) in [5.41, 5.74) is 2.44. The van der Waals surface area contributed by atoms with Crippen molar-refractivity contribution in [1.29, 1.82) is 0 Å². The van der Waals surface area contributed by atoms with Crippen LogP contribution in [0.4, 0.5) is 0 Å². The van der Waals surface area contributed by atoms with Crippen LogP contribution in [0.5, 0.6) is 0 Å². The van der Waals surface area contributed by atoms with E-state index in [1.807, 2.05) is 18.2 Å². The summed E-state index contributed by atoms with van der Waals surface area (Å²) in [5.74, 6) is 0. The van der Waals surface area contributed by atoms with E-state index in [1.165, 1.54) is 12.0 Å². The highest BCUT2D eigenvalue weighted by atomic mass is 32.2. The lowest BCUT2D eigenvalue weighted by Crippen LogP contribution is -2.56. The molecule has 0 aliphatic carbocycles. The average Bonchev–Trinajstić information content (AvgIpc) is 3.02. The van der Waals surface area contributed by atoms with Gasteiger partial charge in [0.25, 0.3) is 10.2 Å². The van der Waals surface area contributed by atoms with Gasteiger partial charge in [-0.05, 0) is 36.9 Å². The van der Waals surface area contributed by atoms with E-state index in [4.69, 9.17) is 0 Å². The lowest BCUT2D eigenvalue weighted by atomic mass is 10.0. The second-order valence-electron chi connectivity index (χ2n) is 6.55. The highest BCUT2D eigenvalue weighted by Gasteiger charge is 2.38. The fourth-order valence-electron chi connectivity index (χ4n) is 4.00. The second-order valence-corrected chi connectivity index (χ2v) is 8.48. The molecule has 0 spiro atoms. The Kier molecular flexibility index (Phi) is 3.72. The van der Waals surface area contributed by atoms with Crippen molar-refractivity contribution in [1.82, 2.24) is 13.5 Å². The number of hydrogen-bond acceptors (Lipinski definition) is 3. The van der Waals surface area contributed by atoms with Crippen LogP contribution in [-0.2, 0) is 23.2 Å². The first kappa shape index (κ1) is 14.6. The third-order valence-electron chi connectivity index (χ3n) is 5.30. The summed E-state index contributed by atoms with van der Waals surface area (Å²) >= 11 is 0. The van der Waals surface area contributed by atoms with Gasteiger partial charge in [0.15, 0.2) is 0 Å². The van der Waals surface area contributed by atoms with E-state index in [-0.39, 0.29) is 0 Å². The maximum atomic E-state index is 13.0. The van der Waals surface area contributed by atoms with Crippen LogP contribution >= 0.6 is 0 Å². The Balaban J connectivity index is 1.52. The molecule has 3 aliphatic heterocycles. The maximum absolute atomic E-state index is 13.0. The predicted molar refractivity (Wildman–Crippen MR) is 85.6 cm³/mol. The van der Waals surface area contributed by atoms with Crippen molar-refractivity contribution >= 4 is 10.2 Å². The molecule has 1 atom stereocenters. The van der Waals surface area contributed by atoms with Gasteiger partial charge in [0.05, 0.1) is 0 Å². The van der Waals surface area contributed by atoms with E-state index in [1.54, 1.807) is 8.61 Å². The van der Waals surface area contributed by atoms with Crippen molar-refractivity contribution in [2.24, 2.45) is 0 Å². The summed E-state index contributed by atoms with van der Waals surface area (Å²) in [6.45, 7) is 4.44. The number of rotatable bonds is 2. The Morgan fingerprint density at radius 1 is 0.955 bits per heavy atom. The van der Waals surface area contributed by atoms with Crippen LogP contribution < -0.4 is 0 Å². The van der Waals surface area contributed by atoms with E-state index < -0.39 is 10.2 Å². The molecule has 3 heterocycles. The summed E-state index contributed by atoms with van der Waals surface area (Å²) in [7, 11) is -3.33. The quantitative estimate of drug-likeness (QED) is 0.818. The molecule has 0 radical (unpaired) electrons. The fourth-order valence-corrected chi connectivity index (χ4v) is 5.63. The molecule has 0 aromatic heterocycles. The van der Waals surface area contributed by atoms with E-state index in [2.05, 4.69) is 11.0 Å². The van der Waals surface area contributed by atoms with Gasteiger partial charge in [0.1, 0.15) is 0 Å². The van der Waals surface area contributed by atoms with Crippen LogP contribution in [-0.4, -0.2) is 60.7 Å². The van der Waals surface area contributed by atoms with E-state index in [9.17, 15) is 8.42 Å². The zero-order valence-electron chi connectivity index (χ0n) is 12.8. The molecule has 1 aromatic carbocycles. The summed E-state index contributed by atoms with van der Waals surface area (Å²) in [5, 5.41) is 0. The molecule has 1 aromatic rings. The SMILES string of the molecule is O=S(=O)(N1CCc2ccccc2C1)N1CCN2CCCC2C1. The Morgan fingerprint density at radius 2 is 1.77 bits per heavy atom. The molecule has 0 bridgehead atoms. The first-order chi connectivity index (χ1) is 10.6. The predicted octanol–water partition coefficient (Wildman–Crippen LogP) is 1.07. The van der Waals surface area contributed by atoms with Crippen molar-refractivity contribution in [3.63, 3.8) is 0 Å². The maximum Gasteiger partial charge on any atom is 0.282 e. The van der Waals surface area contributed by atoms with Crippen LogP contribution in [0.2, 0.25) is 0 Å². The zero-order valence-corrected chi connectivity index (χ0v) is 13.6. The van der Waals surface area contributed by atoms with Crippen molar-refractivity contribution in [2.45, 2.75) is 31.8 Å². The highest BCUT2D eigenvalue weighted by Crippen LogP contribution is 2.27. The number of fused-ring (bicyclic) bond motifs is 2. The zero-order chi connectivity index (χ0) is 15.2. The van der Waals surface area contributed by atoms with Crippen LogP contribution in [0.3, 0.4) is 0 Å². The minimum absolute atomic E-state index is 0.431. The molecule has 5 nitrogen and oxygen atoms in total. The average molecular weight is 321 g/mol. The van der Waals surface area contributed by atoms with E-state index in [0.29, 0.717) is 32.2 Å². The Hall–Kier alpha value is -0.950. The monoisotopic (exact) mass is 321 g/mol. The van der Waals surface area contributed by atoms with Gasteiger partial charge in [0, 0.05) is 38.8 Å². The van der Waals surface area contributed by atoms with Crippen LogP contribution in [0, 0.1) is 0 Å². The minimum Gasteiger partial charge on any atom is -0.298 e. The molecule has 4 rings (SSSR count). The molecule has 2 saturated heterocycles. The smallest absolute Gasteiger partial charge is 0.282 e. The first-order valence-corrected chi connectivity index (χ1v) is 9.60. The molecule has 0 N–H and O–H groups in total. The van der Waals surface area contributed by atoms with Gasteiger partial charge in [-0.15, -0.1) is 0 Å². The molecule has 6 heteroatoms. The largest absolute Gasteiger partial charge is 0.298 e. The Bertz CT molecular complexity index is 661. The number of nitrogens with zero attached hydrogens (tertiary/aromatic N) is 3. The van der Waals surface area contributed by atoms with Crippen molar-refractivity contribution in [3.8, 4) is 0 Å². The molecule has 0 amide bonds. The van der Waals surface area contributed by atoms with Crippen molar-refractivity contribution in [2.75, 3.05) is 32.7 Å². The highest BCUT2D eigenvalue weighted by molar-refractivity contribution is 7.86. The third kappa shape index (κ3) is 2.48. The molecule has 1 unspecified atom stereocenters. The Labute approximate surface area is 132 Å². The topological polar surface area (TPSA) is 43.9 Å². The molecule has 0 saturated carbocycles. The first-order valence-electron chi connectivity index (χ1n) is 8.21. The molecule has 120 valence electrons. The second kappa shape index (κ2) is 5.60. The van der Waals surface area contributed by atoms with Gasteiger partial charge in [-0.1, -0.05) is 24.3 Å². The lowest BCUT2D eigenvalue weighted by Gasteiger charge is -2.39. The standard InChI is InChI=1S/C16H23N3O2S/c20-22(21,19-11-10-17-8-3-6-16(17)13-19)18-9-7-14-4-1-2-5-15(14)12-18/h1-2,4-5,16H,3,6-13H2. The van der Waals surface area contributed by atoms with Crippen LogP contribution in [0.15, 0.2) is 24.3 Å². The van der Waals surface area contributed by atoms with Gasteiger partial charge in [-0.25, -0.2) is 0 Å². The van der Waals surface area contributed by atoms with Gasteiger partial charge in [-0.2, -0.15) is 17.0 Å². The van der Waals surface area contributed by atoms with Gasteiger partial charge in [-0.3, -0.25) is 4.90 Å². The summed E-state index contributed by atoms with van der Waals surface area (Å²) in [6.07, 6.45) is 3.16. The minimum atomic E-state index is -3.33. The van der Waals surface area contributed by atoms with Crippen molar-refractivity contribution in [3.05, 3.63) is 35.4 Å². The Morgan fingerprint density at radius 3 is 2.64 bits per heavy atom. The van der Waals surface area contributed by atoms with Crippen molar-refractivity contribution < 1.29 is 8.42 Å². The summed E-state index contributed by atoms with van der Waals surface area (Å²) < 4.78 is 29.3. The third-order valence-corrected chi connectivity index (χ3v) is 7.25. The van der Waals surface area contributed by atoms with Crippen LogP contribution in [0.25, 0.3) is 0 Å². The fraction of sp³-hybridized carbons (Fsp3) is 0.625. The number of piperazine rings is 1. The molecule has 2 fully saturated rings. The van der Waals surface area contributed by atoms with Crippen LogP contribution in [0.1, 0.15) is 24.0 Å².